The van der Waals surface area contributed by atoms with Crippen LogP contribution in [-0.4, -0.2) is 49.9 Å². The van der Waals surface area contributed by atoms with Gasteiger partial charge in [-0.15, -0.1) is 0 Å². The maximum Gasteiger partial charge on any atom is 0.472 e. The molecule has 2 unspecified atom stereocenters. The first-order valence-electron chi connectivity index (χ1n) is 26.6. The number of phosphoric acid groups is 1. The molecule has 0 aliphatic carbocycles. The molecule has 0 aromatic carbocycles. The standard InChI is InChI=1S/C54H102NO7P/c1-3-5-7-9-11-13-15-17-19-21-23-25-26-28-30-32-34-36-38-40-42-44-46-49-59-51-53(52-61-63(57,58)60-50-48-55)62-54(56)47-45-43-41-39-37-35-33-31-29-27-24-22-20-18-16-14-12-10-8-6-4-2/h6,8,12,14,18,20,24,27,53H,3-5,7,9-11,13,15-17,19,21-23,25-26,28-52,55H2,1-2H3,(H,57,58)/b8-6-,14-12-,20-18-,27-24-. The summed E-state index contributed by atoms with van der Waals surface area (Å²) in [4.78, 5) is 22.6. The van der Waals surface area contributed by atoms with Crippen LogP contribution in [0.3, 0.4) is 0 Å². The first-order chi connectivity index (χ1) is 30.9. The normalized spacial score (nSPS) is 13.7. The zero-order valence-corrected chi connectivity index (χ0v) is 42.2. The Kier molecular flexibility index (Phi) is 50.2. The van der Waals surface area contributed by atoms with Crippen LogP contribution in [0.4, 0.5) is 0 Å². The summed E-state index contributed by atoms with van der Waals surface area (Å²) in [6.07, 6.45) is 62.9. The van der Waals surface area contributed by atoms with Gasteiger partial charge in [0.2, 0.25) is 0 Å². The molecule has 8 nitrogen and oxygen atoms in total. The molecule has 0 heterocycles. The molecule has 0 bridgehead atoms. The van der Waals surface area contributed by atoms with Crippen molar-refractivity contribution in [2.75, 3.05) is 33.0 Å². The lowest BCUT2D eigenvalue weighted by molar-refractivity contribution is -0.154. The fraction of sp³-hybridized carbons (Fsp3) is 0.833. The van der Waals surface area contributed by atoms with Gasteiger partial charge in [-0.3, -0.25) is 13.8 Å². The van der Waals surface area contributed by atoms with Gasteiger partial charge in [0, 0.05) is 19.6 Å². The van der Waals surface area contributed by atoms with Gasteiger partial charge in [-0.2, -0.15) is 0 Å². The first kappa shape index (κ1) is 61.5. The van der Waals surface area contributed by atoms with Gasteiger partial charge in [-0.05, 0) is 51.4 Å². The lowest BCUT2D eigenvalue weighted by Crippen LogP contribution is -2.28. The molecule has 0 aliphatic heterocycles. The van der Waals surface area contributed by atoms with Crippen molar-refractivity contribution in [3.8, 4) is 0 Å². The molecule has 0 amide bonds. The van der Waals surface area contributed by atoms with Crippen LogP contribution in [0.1, 0.15) is 251 Å². The van der Waals surface area contributed by atoms with Gasteiger partial charge in [-0.25, -0.2) is 4.57 Å². The molecular weight excluding hydrogens is 806 g/mol. The van der Waals surface area contributed by atoms with Crippen molar-refractivity contribution in [2.45, 2.75) is 258 Å². The molecule has 2 atom stereocenters. The van der Waals surface area contributed by atoms with Crippen LogP contribution < -0.4 is 5.73 Å². The average molecular weight is 908 g/mol. The van der Waals surface area contributed by atoms with Crippen LogP contribution in [0.2, 0.25) is 0 Å². The lowest BCUT2D eigenvalue weighted by Gasteiger charge is -2.20. The van der Waals surface area contributed by atoms with E-state index in [0.29, 0.717) is 13.0 Å². The minimum absolute atomic E-state index is 0.0969. The van der Waals surface area contributed by atoms with Crippen molar-refractivity contribution in [3.63, 3.8) is 0 Å². The highest BCUT2D eigenvalue weighted by molar-refractivity contribution is 7.47. The number of phosphoric ester groups is 1. The van der Waals surface area contributed by atoms with Crippen LogP contribution >= 0.6 is 7.82 Å². The second-order valence-corrected chi connectivity index (χ2v) is 19.2. The van der Waals surface area contributed by atoms with E-state index in [2.05, 4.69) is 62.5 Å². The smallest absolute Gasteiger partial charge is 0.457 e. The monoisotopic (exact) mass is 908 g/mol. The summed E-state index contributed by atoms with van der Waals surface area (Å²) in [6.45, 7) is 4.85. The molecule has 0 aliphatic rings. The van der Waals surface area contributed by atoms with E-state index < -0.39 is 13.9 Å². The maximum absolute atomic E-state index is 12.7. The quantitative estimate of drug-likeness (QED) is 0.0268. The minimum atomic E-state index is -4.29. The van der Waals surface area contributed by atoms with Crippen molar-refractivity contribution < 1.29 is 32.8 Å². The summed E-state index contributed by atoms with van der Waals surface area (Å²) < 4.78 is 33.6. The fourth-order valence-corrected chi connectivity index (χ4v) is 8.40. The molecular formula is C54H102NO7P. The number of allylic oxidation sites excluding steroid dienone is 8. The predicted molar refractivity (Wildman–Crippen MR) is 270 cm³/mol. The molecule has 0 spiro atoms. The number of hydrogen-bond donors (Lipinski definition) is 2. The van der Waals surface area contributed by atoms with Crippen LogP contribution in [0, 0.1) is 0 Å². The first-order valence-corrected chi connectivity index (χ1v) is 28.1. The summed E-state index contributed by atoms with van der Waals surface area (Å²) in [5.41, 5.74) is 5.39. The number of carbonyl (C=O) groups is 1. The summed E-state index contributed by atoms with van der Waals surface area (Å²) in [5, 5.41) is 0. The largest absolute Gasteiger partial charge is 0.472 e. The number of ether oxygens (including phenoxy) is 2. The third-order valence-corrected chi connectivity index (χ3v) is 12.5. The average Bonchev–Trinajstić information content (AvgIpc) is 3.28. The molecule has 0 saturated carbocycles. The van der Waals surface area contributed by atoms with Gasteiger partial charge in [-0.1, -0.05) is 242 Å². The van der Waals surface area contributed by atoms with Gasteiger partial charge in [0.05, 0.1) is 19.8 Å². The molecule has 0 aromatic heterocycles. The Bertz CT molecular complexity index is 1110. The number of unbranched alkanes of at least 4 members (excludes halogenated alkanes) is 30. The Balaban J connectivity index is 3.91. The fourth-order valence-electron chi connectivity index (χ4n) is 7.64. The second kappa shape index (κ2) is 51.4. The zero-order valence-electron chi connectivity index (χ0n) is 41.3. The van der Waals surface area contributed by atoms with E-state index in [9.17, 15) is 14.3 Å². The molecule has 0 rings (SSSR count). The number of rotatable bonds is 51. The van der Waals surface area contributed by atoms with Gasteiger partial charge < -0.3 is 20.1 Å². The molecule has 370 valence electrons. The Morgan fingerprint density at radius 2 is 0.889 bits per heavy atom. The Labute approximate surface area is 390 Å². The van der Waals surface area contributed by atoms with E-state index in [-0.39, 0.29) is 32.3 Å². The van der Waals surface area contributed by atoms with E-state index in [1.165, 1.54) is 167 Å². The highest BCUT2D eigenvalue weighted by Gasteiger charge is 2.25. The van der Waals surface area contributed by atoms with Crippen LogP contribution in [-0.2, 0) is 27.9 Å². The molecule has 0 fully saturated rings. The molecule has 9 heteroatoms. The van der Waals surface area contributed by atoms with Gasteiger partial charge in [0.15, 0.2) is 0 Å². The molecule has 0 saturated heterocycles. The SMILES string of the molecule is CC/C=C\C/C=C\C/C=C\C/C=C\CCCCCCCCCCC(=O)OC(COCCCCCCCCCCCCCCCCCCCCCCCCC)COP(=O)(O)OCCN. The predicted octanol–water partition coefficient (Wildman–Crippen LogP) is 16.7. The zero-order chi connectivity index (χ0) is 45.8. The van der Waals surface area contributed by atoms with Gasteiger partial charge in [0.1, 0.15) is 6.10 Å². The van der Waals surface area contributed by atoms with Crippen molar-refractivity contribution in [1.82, 2.24) is 0 Å². The lowest BCUT2D eigenvalue weighted by atomic mass is 10.0. The summed E-state index contributed by atoms with van der Waals surface area (Å²) >= 11 is 0. The number of nitrogens with two attached hydrogens (primary N) is 1. The molecule has 0 aromatic rings. The van der Waals surface area contributed by atoms with Crippen molar-refractivity contribution in [3.05, 3.63) is 48.6 Å². The van der Waals surface area contributed by atoms with Gasteiger partial charge >= 0.3 is 13.8 Å². The number of esters is 1. The van der Waals surface area contributed by atoms with Crippen molar-refractivity contribution in [2.24, 2.45) is 5.73 Å². The summed E-state index contributed by atoms with van der Waals surface area (Å²) in [6, 6.07) is 0. The van der Waals surface area contributed by atoms with E-state index in [1.54, 1.807) is 0 Å². The van der Waals surface area contributed by atoms with Crippen LogP contribution in [0.15, 0.2) is 48.6 Å². The topological polar surface area (TPSA) is 117 Å². The number of carbonyl (C=O) groups excluding carboxylic acids is 1. The molecule has 3 N–H and O–H groups in total. The second-order valence-electron chi connectivity index (χ2n) is 17.7. The Morgan fingerprint density at radius 3 is 1.33 bits per heavy atom. The van der Waals surface area contributed by atoms with E-state index in [1.807, 2.05) is 0 Å². The Hall–Kier alpha value is -1.54. The third-order valence-electron chi connectivity index (χ3n) is 11.5. The third kappa shape index (κ3) is 51.3. The van der Waals surface area contributed by atoms with E-state index >= 15 is 0 Å². The van der Waals surface area contributed by atoms with E-state index in [4.69, 9.17) is 24.3 Å². The molecule has 63 heavy (non-hydrogen) atoms. The van der Waals surface area contributed by atoms with Gasteiger partial charge in [0.25, 0.3) is 0 Å². The summed E-state index contributed by atoms with van der Waals surface area (Å²) in [7, 11) is -4.29. The Morgan fingerprint density at radius 1 is 0.492 bits per heavy atom. The highest BCUT2D eigenvalue weighted by Crippen LogP contribution is 2.43. The van der Waals surface area contributed by atoms with Crippen LogP contribution in [0.25, 0.3) is 0 Å². The molecule has 0 radical (unpaired) electrons. The van der Waals surface area contributed by atoms with Crippen molar-refractivity contribution >= 4 is 13.8 Å². The number of hydrogen-bond acceptors (Lipinski definition) is 7. The minimum Gasteiger partial charge on any atom is -0.457 e. The maximum atomic E-state index is 12.7. The van der Waals surface area contributed by atoms with Crippen molar-refractivity contribution in [1.29, 1.82) is 0 Å². The van der Waals surface area contributed by atoms with Crippen LogP contribution in [0.5, 0.6) is 0 Å². The summed E-state index contributed by atoms with van der Waals surface area (Å²) in [5.74, 6) is -0.335. The highest BCUT2D eigenvalue weighted by atomic mass is 31.2. The van der Waals surface area contributed by atoms with E-state index in [0.717, 1.165) is 64.2 Å².